The Bertz CT molecular complexity index is 534. The summed E-state index contributed by atoms with van der Waals surface area (Å²) in [6.07, 6.45) is 4.35. The van der Waals surface area contributed by atoms with Crippen molar-refractivity contribution < 1.29 is 14.3 Å². The van der Waals surface area contributed by atoms with Crippen molar-refractivity contribution in [2.75, 3.05) is 19.7 Å². The second kappa shape index (κ2) is 11.1. The van der Waals surface area contributed by atoms with Gasteiger partial charge in [-0.15, -0.1) is 24.0 Å². The van der Waals surface area contributed by atoms with E-state index in [9.17, 15) is 5.11 Å². The summed E-state index contributed by atoms with van der Waals surface area (Å²) in [6, 6.07) is 3.83. The lowest BCUT2D eigenvalue weighted by Crippen LogP contribution is -2.63. The zero-order chi connectivity index (χ0) is 18.3. The minimum Gasteiger partial charge on any atom is -0.467 e. The van der Waals surface area contributed by atoms with Gasteiger partial charge in [-0.2, -0.15) is 0 Å². The Morgan fingerprint density at radius 3 is 2.81 bits per heavy atom. The van der Waals surface area contributed by atoms with Crippen LogP contribution in [0.4, 0.5) is 0 Å². The van der Waals surface area contributed by atoms with E-state index in [2.05, 4.69) is 36.4 Å². The fraction of sp³-hybridized carbons (Fsp3) is 0.737. The van der Waals surface area contributed by atoms with Crippen molar-refractivity contribution in [1.82, 2.24) is 10.6 Å². The monoisotopic (exact) mass is 479 g/mol. The molecule has 0 aromatic carbocycles. The van der Waals surface area contributed by atoms with Gasteiger partial charge in [-0.25, -0.2) is 0 Å². The maximum Gasteiger partial charge on any atom is 0.191 e. The first kappa shape index (κ1) is 23.2. The highest BCUT2D eigenvalue weighted by atomic mass is 127. The molecule has 26 heavy (non-hydrogen) atoms. The molecule has 0 saturated heterocycles. The molecule has 1 fully saturated rings. The first-order valence-corrected chi connectivity index (χ1v) is 9.36. The summed E-state index contributed by atoms with van der Waals surface area (Å²) < 4.78 is 11.2. The van der Waals surface area contributed by atoms with Crippen LogP contribution in [0.3, 0.4) is 0 Å². The van der Waals surface area contributed by atoms with Crippen LogP contribution in [0.5, 0.6) is 0 Å². The number of rotatable bonds is 9. The van der Waals surface area contributed by atoms with E-state index in [1.165, 1.54) is 0 Å². The van der Waals surface area contributed by atoms with Crippen LogP contribution in [-0.4, -0.2) is 42.9 Å². The van der Waals surface area contributed by atoms with E-state index in [-0.39, 0.29) is 42.0 Å². The molecule has 3 N–H and O–H groups in total. The number of aliphatic hydroxyl groups excluding tert-OH is 1. The summed E-state index contributed by atoms with van der Waals surface area (Å²) in [5.41, 5.74) is 0.0591. The van der Waals surface area contributed by atoms with Crippen molar-refractivity contribution in [3.63, 3.8) is 0 Å². The van der Waals surface area contributed by atoms with Gasteiger partial charge in [0, 0.05) is 24.6 Å². The molecule has 0 aliphatic heterocycles. The quantitative estimate of drug-likeness (QED) is 0.219. The van der Waals surface area contributed by atoms with Gasteiger partial charge in [-0.3, -0.25) is 4.99 Å². The molecule has 6 nitrogen and oxygen atoms in total. The summed E-state index contributed by atoms with van der Waals surface area (Å²) in [7, 11) is 0. The molecule has 2 rings (SSSR count). The van der Waals surface area contributed by atoms with Gasteiger partial charge in [0.15, 0.2) is 5.96 Å². The summed E-state index contributed by atoms with van der Waals surface area (Å²) in [6.45, 7) is 10.5. The van der Waals surface area contributed by atoms with Gasteiger partial charge in [0.05, 0.1) is 18.9 Å². The Kier molecular flexibility index (Phi) is 9.95. The number of hydrogen-bond acceptors (Lipinski definition) is 4. The first-order valence-electron chi connectivity index (χ1n) is 9.36. The predicted octanol–water partition coefficient (Wildman–Crippen LogP) is 3.47. The number of aliphatic hydroxyl groups is 1. The SMILES string of the molecule is CCCCOC1CC(NC(=NCC(O)c2ccco2)NCC)C1(C)C.I. The van der Waals surface area contributed by atoms with E-state index >= 15 is 0 Å². The van der Waals surface area contributed by atoms with Crippen molar-refractivity contribution in [3.8, 4) is 0 Å². The Morgan fingerprint density at radius 1 is 1.46 bits per heavy atom. The molecule has 1 aliphatic carbocycles. The molecular weight excluding hydrogens is 445 g/mol. The molecule has 150 valence electrons. The third kappa shape index (κ3) is 6.13. The number of guanidine groups is 1. The van der Waals surface area contributed by atoms with Crippen molar-refractivity contribution >= 4 is 29.9 Å². The van der Waals surface area contributed by atoms with Gasteiger partial charge in [0.1, 0.15) is 11.9 Å². The van der Waals surface area contributed by atoms with Crippen molar-refractivity contribution in [1.29, 1.82) is 0 Å². The molecule has 0 amide bonds. The second-order valence-electron chi connectivity index (χ2n) is 7.22. The van der Waals surface area contributed by atoms with Crippen LogP contribution in [-0.2, 0) is 4.74 Å². The Balaban J connectivity index is 0.00000338. The molecule has 0 spiro atoms. The zero-order valence-electron chi connectivity index (χ0n) is 16.3. The normalized spacial score (nSPS) is 22.9. The standard InChI is InChI=1S/C19H33N3O3.HI/c1-5-7-10-25-17-12-16(19(17,3)4)22-18(20-6-2)21-13-14(23)15-9-8-11-24-15;/h8-9,11,14,16-17,23H,5-7,10,12-13H2,1-4H3,(H2,20,21,22);1H. The summed E-state index contributed by atoms with van der Waals surface area (Å²) in [5, 5.41) is 16.8. The lowest BCUT2D eigenvalue weighted by Gasteiger charge is -2.52. The van der Waals surface area contributed by atoms with Crippen LogP contribution >= 0.6 is 24.0 Å². The van der Waals surface area contributed by atoms with E-state index in [4.69, 9.17) is 9.15 Å². The molecule has 3 atom stereocenters. The van der Waals surface area contributed by atoms with Crippen LogP contribution in [0.2, 0.25) is 0 Å². The molecule has 1 heterocycles. The Hall–Kier alpha value is -0.800. The Morgan fingerprint density at radius 2 is 2.23 bits per heavy atom. The molecule has 7 heteroatoms. The minimum atomic E-state index is -0.731. The van der Waals surface area contributed by atoms with Crippen LogP contribution in [0.25, 0.3) is 0 Å². The van der Waals surface area contributed by atoms with E-state index in [1.54, 1.807) is 18.4 Å². The van der Waals surface area contributed by atoms with Gasteiger partial charge in [0.2, 0.25) is 0 Å². The van der Waals surface area contributed by atoms with Crippen molar-refractivity contribution in [2.45, 2.75) is 65.2 Å². The van der Waals surface area contributed by atoms with E-state index in [1.807, 2.05) is 6.92 Å². The lowest BCUT2D eigenvalue weighted by molar-refractivity contribution is -0.113. The molecule has 1 aromatic heterocycles. The van der Waals surface area contributed by atoms with Gasteiger partial charge >= 0.3 is 0 Å². The van der Waals surface area contributed by atoms with Crippen LogP contribution in [0, 0.1) is 5.41 Å². The fourth-order valence-electron chi connectivity index (χ4n) is 3.02. The van der Waals surface area contributed by atoms with Crippen LogP contribution < -0.4 is 10.6 Å². The molecule has 1 saturated carbocycles. The van der Waals surface area contributed by atoms with E-state index in [0.717, 1.165) is 38.4 Å². The lowest BCUT2D eigenvalue weighted by atomic mass is 9.64. The maximum atomic E-state index is 10.1. The topological polar surface area (TPSA) is 79.0 Å². The molecular formula is C19H34IN3O3. The minimum absolute atomic E-state index is 0. The number of nitrogens with zero attached hydrogens (tertiary/aromatic N) is 1. The average molecular weight is 479 g/mol. The van der Waals surface area contributed by atoms with Crippen LogP contribution in [0.15, 0.2) is 27.8 Å². The predicted molar refractivity (Wildman–Crippen MR) is 115 cm³/mol. The number of furan rings is 1. The number of unbranched alkanes of at least 4 members (excludes halogenated alkanes) is 1. The van der Waals surface area contributed by atoms with Crippen molar-refractivity contribution in [3.05, 3.63) is 24.2 Å². The summed E-state index contributed by atoms with van der Waals surface area (Å²) >= 11 is 0. The highest BCUT2D eigenvalue weighted by Crippen LogP contribution is 2.42. The number of aliphatic imine (C=N–C) groups is 1. The smallest absolute Gasteiger partial charge is 0.191 e. The number of halogens is 1. The average Bonchev–Trinajstić information content (AvgIpc) is 3.12. The van der Waals surface area contributed by atoms with Crippen LogP contribution in [0.1, 0.15) is 58.8 Å². The maximum absolute atomic E-state index is 10.1. The molecule has 0 bridgehead atoms. The molecule has 1 aromatic rings. The van der Waals surface area contributed by atoms with E-state index < -0.39 is 6.10 Å². The van der Waals surface area contributed by atoms with E-state index in [0.29, 0.717) is 11.8 Å². The highest BCUT2D eigenvalue weighted by molar-refractivity contribution is 14.0. The highest BCUT2D eigenvalue weighted by Gasteiger charge is 2.49. The van der Waals surface area contributed by atoms with Gasteiger partial charge in [-0.1, -0.05) is 27.2 Å². The fourth-order valence-corrected chi connectivity index (χ4v) is 3.02. The first-order chi connectivity index (χ1) is 12.0. The van der Waals surface area contributed by atoms with Gasteiger partial charge in [0.25, 0.3) is 0 Å². The zero-order valence-corrected chi connectivity index (χ0v) is 18.7. The van der Waals surface area contributed by atoms with Gasteiger partial charge < -0.3 is 24.9 Å². The number of ether oxygens (including phenoxy) is 1. The van der Waals surface area contributed by atoms with Crippen molar-refractivity contribution in [2.24, 2.45) is 10.4 Å². The third-order valence-electron chi connectivity index (χ3n) is 4.94. The molecule has 1 aliphatic rings. The second-order valence-corrected chi connectivity index (χ2v) is 7.22. The van der Waals surface area contributed by atoms with Gasteiger partial charge in [-0.05, 0) is 31.9 Å². The Labute approximate surface area is 174 Å². The summed E-state index contributed by atoms with van der Waals surface area (Å²) in [5.74, 6) is 1.26. The largest absolute Gasteiger partial charge is 0.467 e. The number of nitrogens with one attached hydrogen (secondary N) is 2. The number of hydrogen-bond donors (Lipinski definition) is 3. The molecule has 3 unspecified atom stereocenters. The third-order valence-corrected chi connectivity index (χ3v) is 4.94. The molecule has 0 radical (unpaired) electrons. The summed E-state index contributed by atoms with van der Waals surface area (Å²) in [4.78, 5) is 4.50.